The second-order valence-electron chi connectivity index (χ2n) is 15.7. The molecule has 6 atom stereocenters. The standard InChI is InChI=1S/C40H53N5O7S/c1-27-10-14-33-29(21-27)8-6-16-40(33)25-45-23-31-11-13-32(31)35(50-3)9-5-7-28(2)24-53(49,41-37(46)30-12-15-36(52-26-40)34(45)22-30)42-38(47)43-17-19-44(20-18-43)39(48)51-4/h5,9-10,12,14-15,21-22,28,31-32,35H,6-8,11,13,16-20,23-26H2,1-4H3,(H,41,42,46,47,49)/b9-5+/t28-,31-,32+,35-,40-,53?/m0/s1. The number of urea groups is 1. The van der Waals surface area contributed by atoms with E-state index in [0.29, 0.717) is 36.2 Å². The molecule has 53 heavy (non-hydrogen) atoms. The number of ether oxygens (including phenoxy) is 3. The van der Waals surface area contributed by atoms with E-state index in [1.54, 1.807) is 13.2 Å². The van der Waals surface area contributed by atoms with E-state index in [1.807, 2.05) is 19.1 Å². The molecule has 2 aromatic rings. The number of rotatable bonds is 2. The SMILES string of the molecule is COC(=O)N1CCN(C(=O)NS2(=O)=NC(=O)c3ccc4c(c3)N(C[C@@H]3CC[C@H]3[C@@H](OC)/C=C/C[C@H](C)C2)C[C@@]2(CCCc3cc(C)ccc32)CO4)CC1. The third-order valence-corrected chi connectivity index (χ3v) is 13.9. The van der Waals surface area contributed by atoms with Gasteiger partial charge in [-0.25, -0.2) is 13.8 Å². The Morgan fingerprint density at radius 3 is 2.58 bits per heavy atom. The molecule has 2 fully saturated rings. The van der Waals surface area contributed by atoms with Crippen LogP contribution in [0.15, 0.2) is 52.9 Å². The predicted octanol–water partition coefficient (Wildman–Crippen LogP) is 5.72. The Balaban J connectivity index is 1.24. The smallest absolute Gasteiger partial charge is 0.409 e. The van der Waals surface area contributed by atoms with Crippen molar-refractivity contribution in [2.24, 2.45) is 22.1 Å². The number of aryl methyl sites for hydroxylation is 2. The number of hydrogen-bond donors (Lipinski definition) is 1. The number of benzene rings is 2. The van der Waals surface area contributed by atoms with Crippen molar-refractivity contribution in [1.29, 1.82) is 0 Å². The topological polar surface area (TPSA) is 130 Å². The number of nitrogens with one attached hydrogen (secondary N) is 1. The van der Waals surface area contributed by atoms with E-state index in [9.17, 15) is 18.6 Å². The summed E-state index contributed by atoms with van der Waals surface area (Å²) in [6.07, 6.45) is 9.56. The highest BCUT2D eigenvalue weighted by Gasteiger charge is 2.44. The van der Waals surface area contributed by atoms with E-state index in [1.165, 1.54) is 33.6 Å². The molecule has 7 rings (SSSR count). The van der Waals surface area contributed by atoms with Crippen LogP contribution in [-0.2, 0) is 31.2 Å². The van der Waals surface area contributed by atoms with Gasteiger partial charge in [-0.2, -0.15) is 0 Å². The number of hydrogen-bond acceptors (Lipinski definition) is 8. The Morgan fingerprint density at radius 2 is 1.85 bits per heavy atom. The van der Waals surface area contributed by atoms with Crippen molar-refractivity contribution in [3.8, 4) is 5.75 Å². The van der Waals surface area contributed by atoms with Gasteiger partial charge in [0.15, 0.2) is 0 Å². The average molecular weight is 748 g/mol. The summed E-state index contributed by atoms with van der Waals surface area (Å²) in [7, 11) is -0.474. The molecule has 1 saturated heterocycles. The summed E-state index contributed by atoms with van der Waals surface area (Å²) in [5.41, 5.74) is 4.90. The van der Waals surface area contributed by atoms with Crippen LogP contribution in [0.1, 0.15) is 66.1 Å². The summed E-state index contributed by atoms with van der Waals surface area (Å²) in [5, 5.41) is 0. The van der Waals surface area contributed by atoms with Crippen molar-refractivity contribution >= 4 is 33.6 Å². The lowest BCUT2D eigenvalue weighted by Gasteiger charge is -2.46. The molecule has 1 N–H and O–H groups in total. The molecule has 4 amide bonds. The number of methoxy groups -OCH3 is 2. The fourth-order valence-electron chi connectivity index (χ4n) is 8.95. The maximum atomic E-state index is 14.6. The van der Waals surface area contributed by atoms with Crippen LogP contribution < -0.4 is 14.4 Å². The van der Waals surface area contributed by atoms with Crippen molar-refractivity contribution in [3.63, 3.8) is 0 Å². The number of amides is 4. The molecule has 0 radical (unpaired) electrons. The number of piperazine rings is 1. The van der Waals surface area contributed by atoms with Crippen LogP contribution in [0.25, 0.3) is 0 Å². The molecule has 5 aliphatic rings. The summed E-state index contributed by atoms with van der Waals surface area (Å²) >= 11 is 0. The Bertz CT molecular complexity index is 1880. The molecule has 1 saturated carbocycles. The number of allylic oxidation sites excluding steroid dienone is 1. The van der Waals surface area contributed by atoms with E-state index >= 15 is 0 Å². The molecule has 2 bridgehead atoms. The van der Waals surface area contributed by atoms with Gasteiger partial charge in [0.05, 0.1) is 31.3 Å². The molecule has 1 spiro atoms. The van der Waals surface area contributed by atoms with Crippen LogP contribution in [0, 0.1) is 24.7 Å². The molecular formula is C40H53N5O7S. The van der Waals surface area contributed by atoms with Crippen LogP contribution in [0.4, 0.5) is 15.3 Å². The van der Waals surface area contributed by atoms with Crippen molar-refractivity contribution in [1.82, 2.24) is 14.5 Å². The van der Waals surface area contributed by atoms with Gasteiger partial charge in [-0.3, -0.25) is 9.52 Å². The zero-order valence-corrected chi connectivity index (χ0v) is 32.2. The van der Waals surface area contributed by atoms with E-state index < -0.39 is 27.9 Å². The highest BCUT2D eigenvalue weighted by atomic mass is 32.2. The Morgan fingerprint density at radius 1 is 1.06 bits per heavy atom. The monoisotopic (exact) mass is 747 g/mol. The first kappa shape index (κ1) is 37.2. The van der Waals surface area contributed by atoms with E-state index in [-0.39, 0.29) is 49.4 Å². The second-order valence-corrected chi connectivity index (χ2v) is 17.7. The van der Waals surface area contributed by atoms with Gasteiger partial charge in [0.25, 0.3) is 5.91 Å². The average Bonchev–Trinajstić information content (AvgIpc) is 3.28. The lowest BCUT2D eigenvalue weighted by molar-refractivity contribution is 0.0131. The lowest BCUT2D eigenvalue weighted by Crippen LogP contribution is -2.54. The van der Waals surface area contributed by atoms with Crippen molar-refractivity contribution in [2.45, 2.75) is 63.9 Å². The summed E-state index contributed by atoms with van der Waals surface area (Å²) in [6.45, 7) is 7.18. The van der Waals surface area contributed by atoms with Gasteiger partial charge in [0.1, 0.15) is 15.7 Å². The first-order chi connectivity index (χ1) is 25.5. The summed E-state index contributed by atoms with van der Waals surface area (Å²) in [4.78, 5) is 45.0. The maximum absolute atomic E-state index is 14.6. The van der Waals surface area contributed by atoms with Crippen LogP contribution in [0.5, 0.6) is 5.75 Å². The Labute approximate surface area is 313 Å². The quantitative estimate of drug-likeness (QED) is 0.387. The van der Waals surface area contributed by atoms with Gasteiger partial charge in [-0.05, 0) is 92.5 Å². The van der Waals surface area contributed by atoms with Crippen molar-refractivity contribution < 1.29 is 32.8 Å². The molecule has 12 nitrogen and oxygen atoms in total. The van der Waals surface area contributed by atoms with Crippen LogP contribution >= 0.6 is 0 Å². The van der Waals surface area contributed by atoms with Gasteiger partial charge in [0.2, 0.25) is 0 Å². The molecule has 2 aliphatic carbocycles. The number of nitrogens with zero attached hydrogens (tertiary/aromatic N) is 4. The molecule has 0 aromatic heterocycles. The van der Waals surface area contributed by atoms with E-state index in [4.69, 9.17) is 14.2 Å². The first-order valence-electron chi connectivity index (χ1n) is 19.0. The van der Waals surface area contributed by atoms with E-state index in [0.717, 1.165) is 50.9 Å². The van der Waals surface area contributed by atoms with Gasteiger partial charge < -0.3 is 28.9 Å². The fourth-order valence-corrected chi connectivity index (χ4v) is 10.8. The Hall–Kier alpha value is -4.10. The normalized spacial score (nSPS) is 30.8. The Kier molecular flexibility index (Phi) is 10.8. The minimum atomic E-state index is -3.56. The second kappa shape index (κ2) is 15.3. The number of carbonyl (C=O) groups is 3. The summed E-state index contributed by atoms with van der Waals surface area (Å²) in [5.74, 6) is 0.623. The van der Waals surface area contributed by atoms with Crippen LogP contribution in [0.3, 0.4) is 0 Å². The molecule has 286 valence electrons. The number of carbonyl (C=O) groups excluding carboxylic acids is 3. The highest BCUT2D eigenvalue weighted by molar-refractivity contribution is 7.92. The highest BCUT2D eigenvalue weighted by Crippen LogP contribution is 2.47. The minimum absolute atomic E-state index is 0.0117. The lowest BCUT2D eigenvalue weighted by atomic mass is 9.68. The zero-order valence-electron chi connectivity index (χ0n) is 31.4. The zero-order chi connectivity index (χ0) is 37.3. The van der Waals surface area contributed by atoms with Gasteiger partial charge >= 0.3 is 12.1 Å². The van der Waals surface area contributed by atoms with Crippen LogP contribution in [0.2, 0.25) is 0 Å². The third kappa shape index (κ3) is 7.78. The largest absolute Gasteiger partial charge is 0.490 e. The van der Waals surface area contributed by atoms with Gasteiger partial charge in [-0.1, -0.05) is 42.8 Å². The maximum Gasteiger partial charge on any atom is 0.409 e. The minimum Gasteiger partial charge on any atom is -0.490 e. The third-order valence-electron chi connectivity index (χ3n) is 12.0. The fraction of sp³-hybridized carbons (Fsp3) is 0.575. The number of anilines is 1. The van der Waals surface area contributed by atoms with Crippen molar-refractivity contribution in [2.75, 3.05) is 70.7 Å². The van der Waals surface area contributed by atoms with Gasteiger partial charge in [-0.15, -0.1) is 4.36 Å². The molecular weight excluding hydrogens is 695 g/mol. The van der Waals surface area contributed by atoms with Crippen molar-refractivity contribution in [3.05, 3.63) is 70.8 Å². The molecule has 13 heteroatoms. The van der Waals surface area contributed by atoms with Crippen LogP contribution in [-0.4, -0.2) is 104 Å². The summed E-state index contributed by atoms with van der Waals surface area (Å²) < 4.78 is 39.1. The van der Waals surface area contributed by atoms with Gasteiger partial charge in [0, 0.05) is 57.4 Å². The number of fused-ring (bicyclic) bond motifs is 4. The predicted molar refractivity (Wildman–Crippen MR) is 204 cm³/mol. The molecule has 2 aromatic carbocycles. The molecule has 3 heterocycles. The molecule has 3 aliphatic heterocycles. The first-order valence-corrected chi connectivity index (χ1v) is 20.7. The summed E-state index contributed by atoms with van der Waals surface area (Å²) in [6, 6.07) is 11.6. The van der Waals surface area contributed by atoms with E-state index in [2.05, 4.69) is 51.3 Å². The molecule has 1 unspecified atom stereocenters.